The number of anilines is 2. The minimum Gasteiger partial charge on any atom is -1.00 e. The van der Waals surface area contributed by atoms with Crippen LogP contribution >= 0.6 is 0 Å². The number of likely N-dealkylation sites (N-methyl/N-ethyl adjacent to an activating group) is 1. The molecule has 0 aliphatic carbocycles. The molecule has 0 bridgehead atoms. The summed E-state index contributed by atoms with van der Waals surface area (Å²) in [4.78, 5) is 2.37. The van der Waals surface area contributed by atoms with Gasteiger partial charge in [-0.15, -0.1) is 0 Å². The van der Waals surface area contributed by atoms with Crippen LogP contribution in [0.4, 0.5) is 11.4 Å². The van der Waals surface area contributed by atoms with Crippen molar-refractivity contribution in [2.75, 3.05) is 43.9 Å². The monoisotopic (exact) mass is 479 g/mol. The number of aryl methyl sites for hydroxylation is 6. The molecule has 0 aliphatic heterocycles. The van der Waals surface area contributed by atoms with Crippen LogP contribution in [0.1, 0.15) is 33.4 Å². The Morgan fingerprint density at radius 2 is 0.897 bits per heavy atom. The van der Waals surface area contributed by atoms with Gasteiger partial charge in [0.1, 0.15) is 0 Å². The van der Waals surface area contributed by atoms with Crippen LogP contribution in [0.3, 0.4) is 0 Å². The SMILES string of the molecule is Cc1cc(C)c(NCCN(C)CCNc2c(C)cc(C)cc2C)c(C)c1.[Cl-].[Cl-].[Fe+2]. The molecule has 29 heavy (non-hydrogen) atoms. The topological polar surface area (TPSA) is 27.3 Å². The Hall–Kier alpha value is -0.901. The van der Waals surface area contributed by atoms with Gasteiger partial charge in [0.05, 0.1) is 0 Å². The molecule has 0 atom stereocenters. The van der Waals surface area contributed by atoms with E-state index in [-0.39, 0.29) is 41.9 Å². The number of hydrogen-bond acceptors (Lipinski definition) is 3. The van der Waals surface area contributed by atoms with E-state index in [1.165, 1.54) is 44.8 Å². The fraction of sp³-hybridized carbons (Fsp3) is 0.478. The summed E-state index contributed by atoms with van der Waals surface area (Å²) >= 11 is 0. The van der Waals surface area contributed by atoms with Gasteiger partial charge in [-0.1, -0.05) is 35.4 Å². The predicted octanol–water partition coefficient (Wildman–Crippen LogP) is -1.00. The third-order valence-corrected chi connectivity index (χ3v) is 4.94. The van der Waals surface area contributed by atoms with E-state index in [2.05, 4.69) is 88.4 Å². The van der Waals surface area contributed by atoms with Gasteiger partial charge in [-0.05, 0) is 70.8 Å². The zero-order chi connectivity index (χ0) is 19.3. The van der Waals surface area contributed by atoms with Crippen LogP contribution in [0.25, 0.3) is 0 Å². The quantitative estimate of drug-likeness (QED) is 0.475. The van der Waals surface area contributed by atoms with Crippen molar-refractivity contribution in [3.8, 4) is 0 Å². The van der Waals surface area contributed by atoms with Crippen molar-refractivity contribution < 1.29 is 41.9 Å². The zero-order valence-electron chi connectivity index (χ0n) is 18.7. The standard InChI is InChI=1S/C23H35N3.2ClH.Fe/c1-16-12-18(3)22(19(4)13-16)24-8-10-26(7)11-9-25-23-20(5)14-17(2)15-21(23)6;;;/h12-15,24-25H,8-11H2,1-7H3;2*1H;/q;;;+2/p-2. The smallest absolute Gasteiger partial charge is 1.00 e. The number of rotatable bonds is 8. The van der Waals surface area contributed by atoms with Crippen LogP contribution < -0.4 is 35.4 Å². The van der Waals surface area contributed by atoms with E-state index in [1.807, 2.05) is 0 Å². The van der Waals surface area contributed by atoms with E-state index in [9.17, 15) is 0 Å². The maximum absolute atomic E-state index is 3.61. The van der Waals surface area contributed by atoms with Gasteiger partial charge in [0.25, 0.3) is 0 Å². The molecule has 2 N–H and O–H groups in total. The molecule has 0 saturated carbocycles. The first-order chi connectivity index (χ1) is 12.3. The third-order valence-electron chi connectivity index (χ3n) is 4.94. The molecule has 0 saturated heterocycles. The Bertz CT molecular complexity index is 656. The summed E-state index contributed by atoms with van der Waals surface area (Å²) in [5, 5.41) is 7.22. The summed E-state index contributed by atoms with van der Waals surface area (Å²) in [6, 6.07) is 8.98. The van der Waals surface area contributed by atoms with Gasteiger partial charge in [-0.3, -0.25) is 0 Å². The van der Waals surface area contributed by atoms with Crippen LogP contribution in [-0.4, -0.2) is 38.1 Å². The molecule has 3 nitrogen and oxygen atoms in total. The molecule has 164 valence electrons. The average Bonchev–Trinajstić information content (AvgIpc) is 2.52. The maximum Gasteiger partial charge on any atom is 2.00 e. The largest absolute Gasteiger partial charge is 2.00 e. The summed E-state index contributed by atoms with van der Waals surface area (Å²) in [6.45, 7) is 17.0. The minimum atomic E-state index is 0. The summed E-state index contributed by atoms with van der Waals surface area (Å²) in [7, 11) is 2.19. The molecule has 0 unspecified atom stereocenters. The van der Waals surface area contributed by atoms with Crippen molar-refractivity contribution in [2.24, 2.45) is 0 Å². The van der Waals surface area contributed by atoms with Crippen molar-refractivity contribution in [2.45, 2.75) is 41.5 Å². The van der Waals surface area contributed by atoms with Gasteiger partial charge < -0.3 is 40.3 Å². The molecular weight excluding hydrogens is 445 g/mol. The van der Waals surface area contributed by atoms with Crippen molar-refractivity contribution in [3.63, 3.8) is 0 Å². The summed E-state index contributed by atoms with van der Waals surface area (Å²) < 4.78 is 0. The first-order valence-corrected chi connectivity index (χ1v) is 9.60. The Kier molecular flexibility index (Phi) is 14.8. The normalized spacial score (nSPS) is 9.93. The maximum atomic E-state index is 3.61. The van der Waals surface area contributed by atoms with E-state index >= 15 is 0 Å². The molecule has 6 heteroatoms. The van der Waals surface area contributed by atoms with Crippen molar-refractivity contribution in [3.05, 3.63) is 57.6 Å². The second kappa shape index (κ2) is 14.2. The molecule has 0 aliphatic rings. The Morgan fingerprint density at radius 1 is 0.621 bits per heavy atom. The predicted molar refractivity (Wildman–Crippen MR) is 116 cm³/mol. The van der Waals surface area contributed by atoms with Crippen LogP contribution in [-0.2, 0) is 17.1 Å². The van der Waals surface area contributed by atoms with Gasteiger partial charge in [0.15, 0.2) is 0 Å². The summed E-state index contributed by atoms with van der Waals surface area (Å²) in [5.41, 5.74) is 10.6. The van der Waals surface area contributed by atoms with Crippen molar-refractivity contribution in [1.29, 1.82) is 0 Å². The number of hydrogen-bond donors (Lipinski definition) is 2. The molecule has 0 heterocycles. The number of nitrogens with one attached hydrogen (secondary N) is 2. The van der Waals surface area contributed by atoms with Gasteiger partial charge >= 0.3 is 17.1 Å². The van der Waals surface area contributed by atoms with Crippen LogP contribution in [0.15, 0.2) is 24.3 Å². The van der Waals surface area contributed by atoms with Crippen LogP contribution in [0, 0.1) is 41.5 Å². The molecule has 0 aromatic heterocycles. The molecule has 0 amide bonds. The van der Waals surface area contributed by atoms with Crippen molar-refractivity contribution >= 4 is 11.4 Å². The molecular formula is C23H35Cl2FeN3. The summed E-state index contributed by atoms with van der Waals surface area (Å²) in [5.74, 6) is 0. The van der Waals surface area contributed by atoms with E-state index in [1.54, 1.807) is 0 Å². The molecule has 0 radical (unpaired) electrons. The Morgan fingerprint density at radius 3 is 1.17 bits per heavy atom. The van der Waals surface area contributed by atoms with E-state index < -0.39 is 0 Å². The molecule has 2 aromatic rings. The molecule has 2 rings (SSSR count). The number of benzene rings is 2. The molecule has 2 aromatic carbocycles. The van der Waals surface area contributed by atoms with E-state index in [4.69, 9.17) is 0 Å². The molecule has 0 fully saturated rings. The second-order valence-electron chi connectivity index (χ2n) is 7.70. The van der Waals surface area contributed by atoms with E-state index in [0.29, 0.717) is 0 Å². The van der Waals surface area contributed by atoms with Gasteiger partial charge in [-0.25, -0.2) is 0 Å². The van der Waals surface area contributed by atoms with Crippen LogP contribution in [0.2, 0.25) is 0 Å². The average molecular weight is 480 g/mol. The minimum absolute atomic E-state index is 0. The Labute approximate surface area is 200 Å². The number of halogens is 2. The van der Waals surface area contributed by atoms with Crippen LogP contribution in [0.5, 0.6) is 0 Å². The second-order valence-corrected chi connectivity index (χ2v) is 7.70. The summed E-state index contributed by atoms with van der Waals surface area (Å²) in [6.07, 6.45) is 0. The van der Waals surface area contributed by atoms with Gasteiger partial charge in [0, 0.05) is 37.6 Å². The van der Waals surface area contributed by atoms with Gasteiger partial charge in [0.2, 0.25) is 0 Å². The Balaban J connectivity index is 0. The fourth-order valence-electron chi connectivity index (χ4n) is 3.77. The van der Waals surface area contributed by atoms with Crippen molar-refractivity contribution in [1.82, 2.24) is 4.90 Å². The third kappa shape index (κ3) is 9.19. The van der Waals surface area contributed by atoms with Gasteiger partial charge in [-0.2, -0.15) is 0 Å². The first kappa shape index (κ1) is 30.3. The first-order valence-electron chi connectivity index (χ1n) is 9.60. The molecule has 0 spiro atoms. The fourth-order valence-corrected chi connectivity index (χ4v) is 3.77. The number of nitrogens with zero attached hydrogens (tertiary/aromatic N) is 1. The van der Waals surface area contributed by atoms with E-state index in [0.717, 1.165) is 26.2 Å². The zero-order valence-corrected chi connectivity index (χ0v) is 21.3.